The monoisotopic (exact) mass is 356 g/mol. The van der Waals surface area contributed by atoms with E-state index in [0.717, 1.165) is 23.7 Å². The molecule has 0 radical (unpaired) electrons. The third kappa shape index (κ3) is 2.76. The van der Waals surface area contributed by atoms with Crippen LogP contribution in [0, 0.1) is 11.3 Å². The number of hydrogen-bond acceptors (Lipinski definition) is 3. The van der Waals surface area contributed by atoms with Crippen molar-refractivity contribution in [3.8, 4) is 6.07 Å². The molecule has 1 aliphatic carbocycles. The van der Waals surface area contributed by atoms with Gasteiger partial charge in [0.05, 0.1) is 11.0 Å². The molecule has 0 saturated heterocycles. The fourth-order valence-corrected chi connectivity index (χ4v) is 4.37. The lowest BCUT2D eigenvalue weighted by molar-refractivity contribution is 0.212. The van der Waals surface area contributed by atoms with Crippen LogP contribution in [0.5, 0.6) is 0 Å². The number of benzene rings is 1. The van der Waals surface area contributed by atoms with Crippen molar-refractivity contribution in [2.75, 3.05) is 7.05 Å². The molecule has 0 aromatic heterocycles. The fourth-order valence-electron chi connectivity index (χ4n) is 2.63. The summed E-state index contributed by atoms with van der Waals surface area (Å²) < 4.78 is 27.4. The molecule has 0 atom stereocenters. The minimum absolute atomic E-state index is 0.225. The Labute approximate surface area is 128 Å². The lowest BCUT2D eigenvalue weighted by atomic mass is 9.83. The van der Waals surface area contributed by atoms with Crippen LogP contribution in [0.1, 0.15) is 32.1 Å². The minimum Gasteiger partial charge on any atom is -0.207 e. The maximum absolute atomic E-state index is 12.7. The van der Waals surface area contributed by atoms with E-state index in [4.69, 9.17) is 0 Å². The van der Waals surface area contributed by atoms with Crippen molar-refractivity contribution in [3.05, 3.63) is 28.7 Å². The van der Waals surface area contributed by atoms with Crippen LogP contribution in [0.25, 0.3) is 0 Å². The van der Waals surface area contributed by atoms with E-state index >= 15 is 0 Å². The molecule has 1 aromatic rings. The van der Waals surface area contributed by atoms with Crippen molar-refractivity contribution in [3.63, 3.8) is 0 Å². The van der Waals surface area contributed by atoms with Gasteiger partial charge in [0.1, 0.15) is 5.54 Å². The Morgan fingerprint density at radius 2 is 1.75 bits per heavy atom. The Morgan fingerprint density at radius 1 is 1.20 bits per heavy atom. The summed E-state index contributed by atoms with van der Waals surface area (Å²) in [6, 6.07) is 8.75. The molecule has 4 nitrogen and oxygen atoms in total. The Bertz CT molecular complexity index is 614. The SMILES string of the molecule is CN(C1(C#N)CCCCC1)S(=O)(=O)c1ccc(Br)cc1. The highest BCUT2D eigenvalue weighted by Gasteiger charge is 2.42. The van der Waals surface area contributed by atoms with Crippen LogP contribution in [0.2, 0.25) is 0 Å². The smallest absolute Gasteiger partial charge is 0.207 e. The molecule has 0 aliphatic heterocycles. The molecule has 2 rings (SSSR count). The average Bonchev–Trinajstić information content (AvgIpc) is 2.47. The highest BCUT2D eigenvalue weighted by Crippen LogP contribution is 2.35. The summed E-state index contributed by atoms with van der Waals surface area (Å²) in [6.07, 6.45) is 4.07. The zero-order valence-electron chi connectivity index (χ0n) is 11.3. The summed E-state index contributed by atoms with van der Waals surface area (Å²) in [6.45, 7) is 0. The lowest BCUT2D eigenvalue weighted by Gasteiger charge is -2.38. The molecule has 0 unspecified atom stereocenters. The third-order valence-corrected chi connectivity index (χ3v) is 6.43. The second-order valence-corrected chi connectivity index (χ2v) is 8.02. The van der Waals surface area contributed by atoms with Gasteiger partial charge in [-0.3, -0.25) is 0 Å². The standard InChI is InChI=1S/C14H17BrN2O2S/c1-17(14(11-16)9-3-2-4-10-14)20(18,19)13-7-5-12(15)6-8-13/h5-8H,2-4,9-10H2,1H3. The first-order valence-electron chi connectivity index (χ1n) is 6.58. The number of hydrogen-bond donors (Lipinski definition) is 0. The van der Waals surface area contributed by atoms with Crippen molar-refractivity contribution < 1.29 is 8.42 Å². The van der Waals surface area contributed by atoms with Gasteiger partial charge in [-0.1, -0.05) is 35.2 Å². The van der Waals surface area contributed by atoms with Crippen LogP contribution in [0.4, 0.5) is 0 Å². The third-order valence-electron chi connectivity index (χ3n) is 3.96. The zero-order chi connectivity index (χ0) is 14.8. The number of rotatable bonds is 3. The zero-order valence-corrected chi connectivity index (χ0v) is 13.7. The molecule has 1 saturated carbocycles. The number of nitrogens with zero attached hydrogens (tertiary/aromatic N) is 2. The van der Waals surface area contributed by atoms with Gasteiger partial charge in [-0.05, 0) is 37.1 Å². The average molecular weight is 357 g/mol. The van der Waals surface area contributed by atoms with E-state index in [0.29, 0.717) is 12.8 Å². The second kappa shape index (κ2) is 5.84. The van der Waals surface area contributed by atoms with Crippen LogP contribution in [-0.2, 0) is 10.0 Å². The van der Waals surface area contributed by atoms with E-state index < -0.39 is 15.6 Å². The molecule has 20 heavy (non-hydrogen) atoms. The molecule has 1 fully saturated rings. The molecule has 0 spiro atoms. The van der Waals surface area contributed by atoms with Gasteiger partial charge in [0.2, 0.25) is 10.0 Å². The summed E-state index contributed by atoms with van der Waals surface area (Å²) in [7, 11) is -2.12. The van der Waals surface area contributed by atoms with Crippen LogP contribution < -0.4 is 0 Å². The van der Waals surface area contributed by atoms with E-state index in [-0.39, 0.29) is 4.90 Å². The molecule has 0 heterocycles. The first-order chi connectivity index (χ1) is 9.42. The van der Waals surface area contributed by atoms with Gasteiger partial charge in [0.25, 0.3) is 0 Å². The first kappa shape index (κ1) is 15.5. The topological polar surface area (TPSA) is 61.2 Å². The van der Waals surface area contributed by atoms with E-state index in [1.165, 1.54) is 11.4 Å². The maximum atomic E-state index is 12.7. The largest absolute Gasteiger partial charge is 0.244 e. The Morgan fingerprint density at radius 3 is 2.25 bits per heavy atom. The first-order valence-corrected chi connectivity index (χ1v) is 8.81. The molecule has 1 aliphatic rings. The van der Waals surface area contributed by atoms with Crippen LogP contribution in [0.15, 0.2) is 33.6 Å². The van der Waals surface area contributed by atoms with E-state index in [1.54, 1.807) is 24.3 Å². The summed E-state index contributed by atoms with van der Waals surface area (Å²) in [5, 5.41) is 9.50. The van der Waals surface area contributed by atoms with Gasteiger partial charge < -0.3 is 0 Å². The van der Waals surface area contributed by atoms with Crippen LogP contribution in [-0.4, -0.2) is 25.3 Å². The van der Waals surface area contributed by atoms with Gasteiger partial charge in [-0.2, -0.15) is 9.57 Å². The number of sulfonamides is 1. The maximum Gasteiger partial charge on any atom is 0.244 e. The molecular weight excluding hydrogens is 340 g/mol. The predicted octanol–water partition coefficient (Wildman–Crippen LogP) is 3.30. The quantitative estimate of drug-likeness (QED) is 0.834. The molecule has 0 bridgehead atoms. The molecular formula is C14H17BrN2O2S. The highest BCUT2D eigenvalue weighted by atomic mass is 79.9. The second-order valence-electron chi connectivity index (χ2n) is 5.13. The Kier molecular flexibility index (Phi) is 4.52. The molecule has 0 N–H and O–H groups in total. The fraction of sp³-hybridized carbons (Fsp3) is 0.500. The number of nitriles is 1. The molecule has 108 valence electrons. The van der Waals surface area contributed by atoms with Crippen molar-refractivity contribution in [2.24, 2.45) is 0 Å². The molecule has 6 heteroatoms. The predicted molar refractivity (Wildman–Crippen MR) is 80.5 cm³/mol. The van der Waals surface area contributed by atoms with Gasteiger partial charge in [0.15, 0.2) is 0 Å². The van der Waals surface area contributed by atoms with Crippen molar-refractivity contribution in [2.45, 2.75) is 42.5 Å². The molecule has 0 amide bonds. The summed E-state index contributed by atoms with van der Waals surface area (Å²) in [4.78, 5) is 0.225. The van der Waals surface area contributed by atoms with Crippen molar-refractivity contribution in [1.82, 2.24) is 4.31 Å². The summed E-state index contributed by atoms with van der Waals surface area (Å²) in [5.41, 5.74) is -0.899. The van der Waals surface area contributed by atoms with Crippen LogP contribution >= 0.6 is 15.9 Å². The van der Waals surface area contributed by atoms with Crippen molar-refractivity contribution >= 4 is 26.0 Å². The van der Waals surface area contributed by atoms with E-state index in [2.05, 4.69) is 22.0 Å². The van der Waals surface area contributed by atoms with Gasteiger partial charge >= 0.3 is 0 Å². The minimum atomic E-state index is -3.64. The van der Waals surface area contributed by atoms with Crippen LogP contribution in [0.3, 0.4) is 0 Å². The highest BCUT2D eigenvalue weighted by molar-refractivity contribution is 9.10. The van der Waals surface area contributed by atoms with E-state index in [1.807, 2.05) is 0 Å². The number of halogens is 1. The van der Waals surface area contributed by atoms with Gasteiger partial charge in [-0.25, -0.2) is 8.42 Å². The van der Waals surface area contributed by atoms with Gasteiger partial charge in [-0.15, -0.1) is 0 Å². The summed E-state index contributed by atoms with van der Waals surface area (Å²) in [5.74, 6) is 0. The van der Waals surface area contributed by atoms with Crippen molar-refractivity contribution in [1.29, 1.82) is 5.26 Å². The Balaban J connectivity index is 2.38. The summed E-state index contributed by atoms with van der Waals surface area (Å²) >= 11 is 3.29. The lowest BCUT2D eigenvalue weighted by Crippen LogP contribution is -2.49. The Hall–Kier alpha value is -0.900. The van der Waals surface area contributed by atoms with Gasteiger partial charge in [0, 0.05) is 11.5 Å². The normalized spacial score (nSPS) is 18.7. The van der Waals surface area contributed by atoms with E-state index in [9.17, 15) is 13.7 Å². The molecule has 1 aromatic carbocycles.